The lowest BCUT2D eigenvalue weighted by Crippen LogP contribution is -2.47. The van der Waals surface area contributed by atoms with Crippen LogP contribution in [0.15, 0.2) is 10.6 Å². The SMILES string of the molecule is CC1CCN(C/C(Cl)=C/Cl)C(C(=O)O)C1. The van der Waals surface area contributed by atoms with Gasteiger partial charge in [0, 0.05) is 17.1 Å². The van der Waals surface area contributed by atoms with Gasteiger partial charge in [0.25, 0.3) is 0 Å². The van der Waals surface area contributed by atoms with E-state index < -0.39 is 12.0 Å². The van der Waals surface area contributed by atoms with Crippen LogP contribution in [0.5, 0.6) is 0 Å². The van der Waals surface area contributed by atoms with Gasteiger partial charge in [-0.2, -0.15) is 0 Å². The topological polar surface area (TPSA) is 40.5 Å². The number of hydrogen-bond acceptors (Lipinski definition) is 2. The van der Waals surface area contributed by atoms with Gasteiger partial charge in [0.05, 0.1) is 0 Å². The molecule has 0 radical (unpaired) electrons. The first kappa shape index (κ1) is 12.8. The van der Waals surface area contributed by atoms with E-state index in [1.165, 1.54) is 5.54 Å². The zero-order chi connectivity index (χ0) is 11.4. The van der Waals surface area contributed by atoms with Crippen LogP contribution < -0.4 is 0 Å². The number of aliphatic carboxylic acids is 1. The third-order valence-electron chi connectivity index (χ3n) is 2.73. The van der Waals surface area contributed by atoms with Crippen LogP contribution in [0.25, 0.3) is 0 Å². The maximum Gasteiger partial charge on any atom is 0.320 e. The minimum Gasteiger partial charge on any atom is -0.480 e. The quantitative estimate of drug-likeness (QED) is 0.838. The number of piperidine rings is 1. The molecule has 5 heteroatoms. The molecule has 86 valence electrons. The zero-order valence-corrected chi connectivity index (χ0v) is 10.1. The molecule has 0 aliphatic carbocycles. The van der Waals surface area contributed by atoms with Crippen molar-refractivity contribution in [3.8, 4) is 0 Å². The molecule has 1 N–H and O–H groups in total. The van der Waals surface area contributed by atoms with Crippen molar-refractivity contribution in [1.29, 1.82) is 0 Å². The summed E-state index contributed by atoms with van der Waals surface area (Å²) in [5, 5.41) is 9.56. The van der Waals surface area contributed by atoms with Crippen molar-refractivity contribution < 1.29 is 9.90 Å². The van der Waals surface area contributed by atoms with Crippen LogP contribution in [-0.2, 0) is 4.79 Å². The summed E-state index contributed by atoms with van der Waals surface area (Å²) in [7, 11) is 0. The second kappa shape index (κ2) is 5.73. The average Bonchev–Trinajstić information content (AvgIpc) is 2.20. The van der Waals surface area contributed by atoms with Gasteiger partial charge in [-0.1, -0.05) is 30.1 Å². The van der Waals surface area contributed by atoms with Gasteiger partial charge in [0.15, 0.2) is 0 Å². The first-order valence-electron chi connectivity index (χ1n) is 4.96. The third kappa shape index (κ3) is 3.67. The number of carboxylic acid groups (broad SMARTS) is 1. The summed E-state index contributed by atoms with van der Waals surface area (Å²) in [6.07, 6.45) is 1.69. The van der Waals surface area contributed by atoms with Crippen molar-refractivity contribution in [2.45, 2.75) is 25.8 Å². The maximum atomic E-state index is 11.0. The lowest BCUT2D eigenvalue weighted by atomic mass is 9.92. The van der Waals surface area contributed by atoms with Crippen molar-refractivity contribution in [1.82, 2.24) is 4.90 Å². The smallest absolute Gasteiger partial charge is 0.320 e. The van der Waals surface area contributed by atoms with E-state index in [1.54, 1.807) is 0 Å². The summed E-state index contributed by atoms with van der Waals surface area (Å²) in [5.41, 5.74) is 1.29. The van der Waals surface area contributed by atoms with E-state index in [9.17, 15) is 4.79 Å². The monoisotopic (exact) mass is 251 g/mol. The number of nitrogens with zero attached hydrogens (tertiary/aromatic N) is 1. The van der Waals surface area contributed by atoms with Gasteiger partial charge in [-0.25, -0.2) is 0 Å². The number of halogens is 2. The Morgan fingerprint density at radius 3 is 2.87 bits per heavy atom. The van der Waals surface area contributed by atoms with Crippen molar-refractivity contribution in [3.05, 3.63) is 10.6 Å². The van der Waals surface area contributed by atoms with Crippen LogP contribution in [-0.4, -0.2) is 35.1 Å². The van der Waals surface area contributed by atoms with E-state index in [-0.39, 0.29) is 0 Å². The fraction of sp³-hybridized carbons (Fsp3) is 0.700. The molecule has 1 saturated heterocycles. The Kier molecular flexibility index (Phi) is 4.90. The number of rotatable bonds is 3. The highest BCUT2D eigenvalue weighted by atomic mass is 35.5. The summed E-state index contributed by atoms with van der Waals surface area (Å²) >= 11 is 11.3. The molecule has 0 bridgehead atoms. The second-order valence-corrected chi connectivity index (χ2v) is 4.71. The molecular formula is C10H15Cl2NO2. The van der Waals surface area contributed by atoms with Gasteiger partial charge in [0.2, 0.25) is 0 Å². The minimum absolute atomic E-state index is 0.425. The van der Waals surface area contributed by atoms with Gasteiger partial charge in [0.1, 0.15) is 6.04 Å². The second-order valence-electron chi connectivity index (χ2n) is 4.01. The highest BCUT2D eigenvalue weighted by Crippen LogP contribution is 2.24. The average molecular weight is 252 g/mol. The summed E-state index contributed by atoms with van der Waals surface area (Å²) in [5.74, 6) is -0.318. The largest absolute Gasteiger partial charge is 0.480 e. The van der Waals surface area contributed by atoms with E-state index in [0.29, 0.717) is 23.9 Å². The van der Waals surface area contributed by atoms with E-state index in [4.69, 9.17) is 28.3 Å². The summed E-state index contributed by atoms with van der Waals surface area (Å²) in [6, 6.07) is -0.431. The van der Waals surface area contributed by atoms with Crippen LogP contribution >= 0.6 is 23.2 Å². The molecule has 0 saturated carbocycles. The van der Waals surface area contributed by atoms with Gasteiger partial charge in [-0.15, -0.1) is 0 Å². The minimum atomic E-state index is -0.777. The third-order valence-corrected chi connectivity index (χ3v) is 3.34. The van der Waals surface area contributed by atoms with E-state index >= 15 is 0 Å². The Morgan fingerprint density at radius 2 is 2.33 bits per heavy atom. The van der Waals surface area contributed by atoms with Crippen molar-refractivity contribution in [3.63, 3.8) is 0 Å². The van der Waals surface area contributed by atoms with Gasteiger partial charge in [-0.3, -0.25) is 9.69 Å². The van der Waals surface area contributed by atoms with Gasteiger partial charge < -0.3 is 5.11 Å². The number of carboxylic acids is 1. The van der Waals surface area contributed by atoms with E-state index in [0.717, 1.165) is 13.0 Å². The Balaban J connectivity index is 2.64. The first-order valence-corrected chi connectivity index (χ1v) is 5.77. The summed E-state index contributed by atoms with van der Waals surface area (Å²) < 4.78 is 0. The van der Waals surface area contributed by atoms with Crippen molar-refractivity contribution >= 4 is 29.2 Å². The summed E-state index contributed by atoms with van der Waals surface area (Å²) in [4.78, 5) is 12.9. The fourth-order valence-electron chi connectivity index (χ4n) is 1.86. The summed E-state index contributed by atoms with van der Waals surface area (Å²) in [6.45, 7) is 3.26. The van der Waals surface area contributed by atoms with Crippen LogP contribution in [0.1, 0.15) is 19.8 Å². The van der Waals surface area contributed by atoms with Crippen molar-refractivity contribution in [2.75, 3.05) is 13.1 Å². The molecule has 2 atom stereocenters. The lowest BCUT2D eigenvalue weighted by molar-refractivity contribution is -0.145. The molecule has 0 aromatic rings. The van der Waals surface area contributed by atoms with Crippen molar-refractivity contribution in [2.24, 2.45) is 5.92 Å². The predicted octanol–water partition coefficient (Wildman–Crippen LogP) is 2.49. The molecule has 3 nitrogen and oxygen atoms in total. The fourth-order valence-corrected chi connectivity index (χ4v) is 2.09. The normalized spacial score (nSPS) is 29.1. The molecule has 1 aliphatic rings. The van der Waals surface area contributed by atoms with E-state index in [1.807, 2.05) is 4.90 Å². The predicted molar refractivity (Wildman–Crippen MR) is 61.2 cm³/mol. The first-order chi connectivity index (χ1) is 7.04. The number of hydrogen-bond donors (Lipinski definition) is 1. The molecule has 0 aromatic heterocycles. The number of likely N-dealkylation sites (tertiary alicyclic amines) is 1. The van der Waals surface area contributed by atoms with Crippen LogP contribution in [0, 0.1) is 5.92 Å². The Hall–Kier alpha value is -0.250. The molecule has 0 spiro atoms. The molecular weight excluding hydrogens is 237 g/mol. The molecule has 1 heterocycles. The standard InChI is InChI=1S/C10H15Cl2NO2/c1-7-2-3-13(6-8(12)5-11)9(4-7)10(14)15/h5,7,9H,2-4,6H2,1H3,(H,14,15)/b8-5-. The Bertz CT molecular complexity index is 268. The molecule has 0 aromatic carbocycles. The molecule has 1 rings (SSSR count). The molecule has 1 aliphatic heterocycles. The molecule has 2 unspecified atom stereocenters. The molecule has 15 heavy (non-hydrogen) atoms. The Morgan fingerprint density at radius 1 is 1.67 bits per heavy atom. The molecule has 0 amide bonds. The molecule has 1 fully saturated rings. The van der Waals surface area contributed by atoms with Crippen LogP contribution in [0.4, 0.5) is 0 Å². The van der Waals surface area contributed by atoms with Gasteiger partial charge >= 0.3 is 5.97 Å². The highest BCUT2D eigenvalue weighted by molar-refractivity contribution is 6.36. The van der Waals surface area contributed by atoms with Crippen LogP contribution in [0.3, 0.4) is 0 Å². The Labute approximate surface area is 99.7 Å². The van der Waals surface area contributed by atoms with Gasteiger partial charge in [-0.05, 0) is 25.3 Å². The highest BCUT2D eigenvalue weighted by Gasteiger charge is 2.31. The lowest BCUT2D eigenvalue weighted by Gasteiger charge is -2.35. The van der Waals surface area contributed by atoms with Crippen LogP contribution in [0.2, 0.25) is 0 Å². The zero-order valence-electron chi connectivity index (χ0n) is 8.62. The van der Waals surface area contributed by atoms with E-state index in [2.05, 4.69) is 6.92 Å². The maximum absolute atomic E-state index is 11.0. The number of carbonyl (C=O) groups is 1.